The van der Waals surface area contributed by atoms with Gasteiger partial charge >= 0.3 is 14.8 Å². The third-order valence-electron chi connectivity index (χ3n) is 2.63. The van der Waals surface area contributed by atoms with E-state index in [4.69, 9.17) is 22.8 Å². The van der Waals surface area contributed by atoms with Crippen molar-refractivity contribution in [3.05, 3.63) is 12.7 Å². The summed E-state index contributed by atoms with van der Waals surface area (Å²) in [6, 6.07) is 0. The van der Waals surface area contributed by atoms with Crippen LogP contribution in [0, 0.1) is 0 Å². The molecule has 0 aliphatic heterocycles. The van der Waals surface area contributed by atoms with Crippen LogP contribution in [-0.4, -0.2) is 55.0 Å². The molecule has 0 spiro atoms. The van der Waals surface area contributed by atoms with Crippen LogP contribution in [0.5, 0.6) is 0 Å². The van der Waals surface area contributed by atoms with E-state index in [2.05, 4.69) is 6.58 Å². The van der Waals surface area contributed by atoms with E-state index in [0.717, 1.165) is 25.7 Å². The normalized spacial score (nSPS) is 12.1. The molecule has 0 rings (SSSR count). The highest BCUT2D eigenvalue weighted by molar-refractivity contribution is 6.62. The van der Waals surface area contributed by atoms with Crippen molar-refractivity contribution in [1.82, 2.24) is 0 Å². The highest BCUT2D eigenvalue weighted by atomic mass is 28.4. The average Bonchev–Trinajstić information content (AvgIpc) is 2.51. The van der Waals surface area contributed by atoms with E-state index in [1.807, 2.05) is 20.8 Å². The largest absolute Gasteiger partial charge is 0.543 e. The van der Waals surface area contributed by atoms with Gasteiger partial charge < -0.3 is 22.8 Å². The maximum absolute atomic E-state index is 11.2. The summed E-state index contributed by atoms with van der Waals surface area (Å²) in [4.78, 5) is 11.2. The lowest BCUT2D eigenvalue weighted by molar-refractivity contribution is -0.142. The lowest BCUT2D eigenvalue weighted by atomic mass is 10.3. The molecule has 0 aliphatic rings. The molecule has 0 heterocycles. The Balaban J connectivity index is 0. The molecule has 0 N–H and O–H groups in total. The predicted molar refractivity (Wildman–Crippen MR) is 83.9 cm³/mol. The van der Waals surface area contributed by atoms with Gasteiger partial charge in [-0.25, -0.2) is 4.79 Å². The van der Waals surface area contributed by atoms with E-state index < -0.39 is 20.5 Å². The Kier molecular flexibility index (Phi) is 15.3. The molecular weight excluding hydrogens is 292 g/mol. The number of hydrogen-bond acceptors (Lipinski definition) is 6. The molecule has 21 heavy (non-hydrogen) atoms. The molecular formula is C14H30O6Si. The zero-order chi connectivity index (χ0) is 16.7. The van der Waals surface area contributed by atoms with Gasteiger partial charge in [-0.05, 0) is 20.3 Å². The first-order chi connectivity index (χ1) is 10.0. The van der Waals surface area contributed by atoms with Crippen LogP contribution in [0.3, 0.4) is 0 Å². The molecule has 0 bridgehead atoms. The molecule has 0 aromatic carbocycles. The van der Waals surface area contributed by atoms with Crippen LogP contribution in [0.15, 0.2) is 12.7 Å². The van der Waals surface area contributed by atoms with Gasteiger partial charge in [-0.3, -0.25) is 0 Å². The second kappa shape index (κ2) is 14.2. The lowest BCUT2D eigenvalue weighted by Gasteiger charge is -2.31. The number of carbonyl (C=O) groups excluding carboxylic acids is 1. The van der Waals surface area contributed by atoms with Crippen molar-refractivity contribution in [2.24, 2.45) is 0 Å². The number of rotatable bonds is 10. The quantitative estimate of drug-likeness (QED) is 0.349. The minimum absolute atomic E-state index is 0.497. The molecule has 0 amide bonds. The standard InChI is InChI=1S/C10H20O5Si.C4H10O/c1-6-8-10(15-9(11)7-2)16(12-3,13-4)14-5;1-3-5-4-2/h7,10H,2,6,8H2,1,3-5H3;3-4H2,1-2H3. The monoisotopic (exact) mass is 322 g/mol. The van der Waals surface area contributed by atoms with Crippen molar-refractivity contribution in [2.75, 3.05) is 34.5 Å². The van der Waals surface area contributed by atoms with Crippen molar-refractivity contribution in [1.29, 1.82) is 0 Å². The minimum Gasteiger partial charge on any atom is -0.455 e. The molecule has 0 saturated heterocycles. The second-order valence-corrected chi connectivity index (χ2v) is 6.99. The molecule has 1 unspecified atom stereocenters. The van der Waals surface area contributed by atoms with E-state index >= 15 is 0 Å². The summed E-state index contributed by atoms with van der Waals surface area (Å²) in [5.74, 6) is -0.499. The van der Waals surface area contributed by atoms with Crippen LogP contribution in [0.1, 0.15) is 33.6 Å². The molecule has 1 atom stereocenters. The van der Waals surface area contributed by atoms with E-state index in [-0.39, 0.29) is 0 Å². The number of esters is 1. The number of ether oxygens (including phenoxy) is 2. The van der Waals surface area contributed by atoms with Gasteiger partial charge in [0.2, 0.25) is 0 Å². The first-order valence-electron chi connectivity index (χ1n) is 7.07. The lowest BCUT2D eigenvalue weighted by Crippen LogP contribution is -2.56. The molecule has 0 aromatic rings. The predicted octanol–water partition coefficient (Wildman–Crippen LogP) is 2.34. The molecule has 6 nitrogen and oxygen atoms in total. The van der Waals surface area contributed by atoms with Crippen molar-refractivity contribution >= 4 is 14.8 Å². The van der Waals surface area contributed by atoms with Gasteiger partial charge in [-0.15, -0.1) is 0 Å². The van der Waals surface area contributed by atoms with Gasteiger partial charge in [-0.1, -0.05) is 19.9 Å². The van der Waals surface area contributed by atoms with Gasteiger partial charge in [0.1, 0.15) is 0 Å². The summed E-state index contributed by atoms with van der Waals surface area (Å²) in [5, 5.41) is 0. The van der Waals surface area contributed by atoms with Gasteiger partial charge in [0.05, 0.1) is 0 Å². The highest BCUT2D eigenvalue weighted by Crippen LogP contribution is 2.19. The number of hydrogen-bond donors (Lipinski definition) is 0. The molecule has 0 fully saturated rings. The second-order valence-electron chi connectivity index (χ2n) is 3.92. The van der Waals surface area contributed by atoms with Crippen LogP contribution in [0.4, 0.5) is 0 Å². The summed E-state index contributed by atoms with van der Waals surface area (Å²) in [6.45, 7) is 11.0. The van der Waals surface area contributed by atoms with Crippen molar-refractivity contribution in [3.63, 3.8) is 0 Å². The summed E-state index contributed by atoms with van der Waals surface area (Å²) in [7, 11) is 1.53. The van der Waals surface area contributed by atoms with Gasteiger partial charge in [-0.2, -0.15) is 0 Å². The van der Waals surface area contributed by atoms with Crippen LogP contribution >= 0.6 is 0 Å². The number of carbonyl (C=O) groups is 1. The fourth-order valence-corrected chi connectivity index (χ4v) is 3.80. The third-order valence-corrected chi connectivity index (χ3v) is 5.53. The molecule has 0 saturated carbocycles. The van der Waals surface area contributed by atoms with E-state index in [9.17, 15) is 4.79 Å². The first kappa shape index (κ1) is 22.5. The Hall–Kier alpha value is -0.733. The van der Waals surface area contributed by atoms with Crippen LogP contribution in [0.25, 0.3) is 0 Å². The maximum Gasteiger partial charge on any atom is 0.543 e. The summed E-state index contributed by atoms with van der Waals surface area (Å²) in [5.41, 5.74) is -0.497. The van der Waals surface area contributed by atoms with Crippen molar-refractivity contribution < 1.29 is 27.5 Å². The molecule has 0 aromatic heterocycles. The van der Waals surface area contributed by atoms with E-state index in [1.54, 1.807) is 0 Å². The van der Waals surface area contributed by atoms with Crippen LogP contribution < -0.4 is 0 Å². The Morgan fingerprint density at radius 1 is 1.10 bits per heavy atom. The van der Waals surface area contributed by atoms with Crippen LogP contribution in [-0.2, 0) is 27.5 Å². The van der Waals surface area contributed by atoms with Gasteiger partial charge in [0.25, 0.3) is 0 Å². The minimum atomic E-state index is -2.94. The van der Waals surface area contributed by atoms with Gasteiger partial charge in [0, 0.05) is 40.6 Å². The average molecular weight is 322 g/mol. The molecule has 7 heteroatoms. The molecule has 0 radical (unpaired) electrons. The Morgan fingerprint density at radius 2 is 1.57 bits per heavy atom. The fraction of sp³-hybridized carbons (Fsp3) is 0.786. The van der Waals surface area contributed by atoms with Crippen molar-refractivity contribution in [2.45, 2.75) is 39.3 Å². The SMILES string of the molecule is C=CC(=O)OC(CCC)[Si](OC)(OC)OC.CCOCC. The first-order valence-corrected chi connectivity index (χ1v) is 8.88. The van der Waals surface area contributed by atoms with E-state index in [1.165, 1.54) is 21.3 Å². The zero-order valence-electron chi connectivity index (χ0n) is 14.1. The smallest absolute Gasteiger partial charge is 0.455 e. The third kappa shape index (κ3) is 9.00. The molecule has 126 valence electrons. The summed E-state index contributed by atoms with van der Waals surface area (Å²) >= 11 is 0. The topological polar surface area (TPSA) is 63.2 Å². The summed E-state index contributed by atoms with van der Waals surface area (Å²) in [6.07, 6.45) is 2.57. The van der Waals surface area contributed by atoms with Crippen LogP contribution in [0.2, 0.25) is 0 Å². The van der Waals surface area contributed by atoms with Gasteiger partial charge in [0.15, 0.2) is 5.73 Å². The Bertz CT molecular complexity index is 258. The summed E-state index contributed by atoms with van der Waals surface area (Å²) < 4.78 is 25.9. The highest BCUT2D eigenvalue weighted by Gasteiger charge is 2.49. The zero-order valence-corrected chi connectivity index (χ0v) is 15.1. The Labute approximate surface area is 129 Å². The Morgan fingerprint density at radius 3 is 1.81 bits per heavy atom. The van der Waals surface area contributed by atoms with Crippen molar-refractivity contribution in [3.8, 4) is 0 Å². The maximum atomic E-state index is 11.2. The fourth-order valence-electron chi connectivity index (χ4n) is 1.61. The molecule has 0 aliphatic carbocycles. The van der Waals surface area contributed by atoms with E-state index in [0.29, 0.717) is 6.42 Å².